The lowest BCUT2D eigenvalue weighted by Gasteiger charge is -2.18. The first kappa shape index (κ1) is 15.5. The van der Waals surface area contributed by atoms with Gasteiger partial charge in [0.15, 0.2) is 5.65 Å². The molecule has 120 valence electrons. The normalized spacial score (nSPS) is 11.8. The number of pyridine rings is 1. The average Bonchev–Trinajstić information content (AvgIpc) is 2.84. The quantitative estimate of drug-likeness (QED) is 0.729. The molecule has 1 aromatic carbocycles. The molecule has 0 atom stereocenters. The Kier molecular flexibility index (Phi) is 4.07. The van der Waals surface area contributed by atoms with Crippen LogP contribution in [-0.4, -0.2) is 21.6 Å². The van der Waals surface area contributed by atoms with Crippen molar-refractivity contribution in [2.24, 2.45) is 5.41 Å². The molecule has 0 amide bonds. The van der Waals surface area contributed by atoms with Crippen LogP contribution in [-0.2, 0) is 13.0 Å². The van der Waals surface area contributed by atoms with Crippen LogP contribution < -0.4 is 4.74 Å². The first-order valence-corrected chi connectivity index (χ1v) is 7.89. The van der Waals surface area contributed by atoms with Crippen LogP contribution in [0.25, 0.3) is 11.2 Å². The van der Waals surface area contributed by atoms with Crippen molar-refractivity contribution in [3.05, 3.63) is 54.0 Å². The maximum Gasteiger partial charge on any atom is 0.160 e. The molecule has 4 heteroatoms. The van der Waals surface area contributed by atoms with Crippen LogP contribution in [0.4, 0.5) is 0 Å². The molecule has 0 bridgehead atoms. The lowest BCUT2D eigenvalue weighted by atomic mass is 9.92. The first-order chi connectivity index (χ1) is 11.0. The number of nitrogens with zero attached hydrogens (tertiary/aromatic N) is 3. The molecule has 0 radical (unpaired) electrons. The second-order valence-electron chi connectivity index (χ2n) is 7.05. The van der Waals surface area contributed by atoms with Gasteiger partial charge in [-0.05, 0) is 35.2 Å². The van der Waals surface area contributed by atoms with Crippen LogP contribution in [0.5, 0.6) is 5.75 Å². The minimum atomic E-state index is 0.180. The third-order valence-electron chi connectivity index (χ3n) is 3.77. The van der Waals surface area contributed by atoms with E-state index in [0.717, 1.165) is 35.7 Å². The maximum absolute atomic E-state index is 5.23. The van der Waals surface area contributed by atoms with Gasteiger partial charge < -0.3 is 9.30 Å². The minimum Gasteiger partial charge on any atom is -0.497 e. The lowest BCUT2D eigenvalue weighted by Crippen LogP contribution is -2.15. The van der Waals surface area contributed by atoms with Crippen LogP contribution in [0, 0.1) is 5.41 Å². The fraction of sp³-hybridized carbons (Fsp3) is 0.368. The summed E-state index contributed by atoms with van der Waals surface area (Å²) in [6.45, 7) is 7.47. The molecular formula is C19H23N3O. The number of methoxy groups -OCH3 is 1. The van der Waals surface area contributed by atoms with E-state index in [0.29, 0.717) is 0 Å². The highest BCUT2D eigenvalue weighted by atomic mass is 16.5. The molecule has 0 fully saturated rings. The van der Waals surface area contributed by atoms with Crippen molar-refractivity contribution < 1.29 is 4.74 Å². The zero-order chi connectivity index (χ0) is 16.4. The zero-order valence-corrected chi connectivity index (χ0v) is 14.2. The number of rotatable bonds is 4. The summed E-state index contributed by atoms with van der Waals surface area (Å²) >= 11 is 0. The summed E-state index contributed by atoms with van der Waals surface area (Å²) in [7, 11) is 1.68. The molecule has 0 saturated carbocycles. The van der Waals surface area contributed by atoms with E-state index < -0.39 is 0 Å². The van der Waals surface area contributed by atoms with Gasteiger partial charge in [-0.2, -0.15) is 0 Å². The van der Waals surface area contributed by atoms with Gasteiger partial charge >= 0.3 is 0 Å². The maximum atomic E-state index is 5.23. The molecule has 0 unspecified atom stereocenters. The van der Waals surface area contributed by atoms with E-state index in [2.05, 4.69) is 42.5 Å². The Balaban J connectivity index is 2.01. The summed E-state index contributed by atoms with van der Waals surface area (Å²) in [6.07, 6.45) is 2.74. The summed E-state index contributed by atoms with van der Waals surface area (Å²) in [4.78, 5) is 9.34. The van der Waals surface area contributed by atoms with Crippen molar-refractivity contribution in [2.45, 2.75) is 33.7 Å². The number of imidazole rings is 1. The second kappa shape index (κ2) is 6.03. The van der Waals surface area contributed by atoms with Crippen molar-refractivity contribution in [3.8, 4) is 5.75 Å². The highest BCUT2D eigenvalue weighted by Crippen LogP contribution is 2.24. The van der Waals surface area contributed by atoms with Crippen LogP contribution >= 0.6 is 0 Å². The van der Waals surface area contributed by atoms with Crippen molar-refractivity contribution >= 4 is 11.2 Å². The smallest absolute Gasteiger partial charge is 0.160 e. The highest BCUT2D eigenvalue weighted by Gasteiger charge is 2.18. The van der Waals surface area contributed by atoms with Gasteiger partial charge in [0, 0.05) is 12.6 Å². The minimum absolute atomic E-state index is 0.180. The molecule has 3 rings (SSSR count). The summed E-state index contributed by atoms with van der Waals surface area (Å²) in [6, 6.07) is 12.1. The fourth-order valence-corrected chi connectivity index (χ4v) is 2.69. The molecule has 4 nitrogen and oxygen atoms in total. The molecule has 0 aliphatic rings. The SMILES string of the molecule is COc1ccc(Cn2c(CC(C)(C)C)nc3cccnc32)cc1. The van der Waals surface area contributed by atoms with E-state index in [9.17, 15) is 0 Å². The molecule has 3 aromatic rings. The second-order valence-corrected chi connectivity index (χ2v) is 7.05. The third-order valence-corrected chi connectivity index (χ3v) is 3.77. The monoisotopic (exact) mass is 309 g/mol. The van der Waals surface area contributed by atoms with E-state index >= 15 is 0 Å². The summed E-state index contributed by atoms with van der Waals surface area (Å²) in [5, 5.41) is 0. The third kappa shape index (κ3) is 3.52. The van der Waals surface area contributed by atoms with E-state index in [1.807, 2.05) is 30.5 Å². The van der Waals surface area contributed by atoms with Gasteiger partial charge in [0.2, 0.25) is 0 Å². The van der Waals surface area contributed by atoms with Gasteiger partial charge in [-0.1, -0.05) is 32.9 Å². The number of benzene rings is 1. The molecule has 23 heavy (non-hydrogen) atoms. The predicted molar refractivity (Wildman–Crippen MR) is 92.8 cm³/mol. The van der Waals surface area contributed by atoms with Crippen LogP contribution in [0.15, 0.2) is 42.6 Å². The predicted octanol–water partition coefficient (Wildman–Crippen LogP) is 4.08. The molecule has 0 spiro atoms. The molecule has 0 aliphatic carbocycles. The first-order valence-electron chi connectivity index (χ1n) is 7.89. The average molecular weight is 309 g/mol. The van der Waals surface area contributed by atoms with Gasteiger partial charge in [0.1, 0.15) is 17.1 Å². The lowest BCUT2D eigenvalue weighted by molar-refractivity contribution is 0.394. The standard InChI is InChI=1S/C19H23N3O/c1-19(2,3)12-17-21-16-6-5-11-20-18(16)22(17)13-14-7-9-15(23-4)10-8-14/h5-11H,12-13H2,1-4H3. The fourth-order valence-electron chi connectivity index (χ4n) is 2.69. The summed E-state index contributed by atoms with van der Waals surface area (Å²) < 4.78 is 7.46. The van der Waals surface area contributed by atoms with Crippen LogP contribution in [0.3, 0.4) is 0 Å². The molecule has 0 saturated heterocycles. The van der Waals surface area contributed by atoms with E-state index in [4.69, 9.17) is 9.72 Å². The zero-order valence-electron chi connectivity index (χ0n) is 14.2. The number of hydrogen-bond acceptors (Lipinski definition) is 3. The van der Waals surface area contributed by atoms with Crippen LogP contribution in [0.1, 0.15) is 32.2 Å². The van der Waals surface area contributed by atoms with E-state index in [-0.39, 0.29) is 5.41 Å². The topological polar surface area (TPSA) is 39.9 Å². The Morgan fingerprint density at radius 3 is 2.48 bits per heavy atom. The van der Waals surface area contributed by atoms with E-state index in [1.165, 1.54) is 5.56 Å². The number of hydrogen-bond donors (Lipinski definition) is 0. The molecule has 0 aliphatic heterocycles. The number of fused-ring (bicyclic) bond motifs is 1. The van der Waals surface area contributed by atoms with Crippen LogP contribution in [0.2, 0.25) is 0 Å². The highest BCUT2D eigenvalue weighted by molar-refractivity contribution is 5.71. The number of ether oxygens (including phenoxy) is 1. The molecular weight excluding hydrogens is 286 g/mol. The van der Waals surface area contributed by atoms with Gasteiger partial charge in [-0.25, -0.2) is 9.97 Å². The molecule has 2 aromatic heterocycles. The van der Waals surface area contributed by atoms with Crippen molar-refractivity contribution in [3.63, 3.8) is 0 Å². The van der Waals surface area contributed by atoms with E-state index in [1.54, 1.807) is 7.11 Å². The Morgan fingerprint density at radius 1 is 1.09 bits per heavy atom. The Morgan fingerprint density at radius 2 is 1.83 bits per heavy atom. The Labute approximate surface area is 137 Å². The van der Waals surface area contributed by atoms with Crippen molar-refractivity contribution in [1.29, 1.82) is 0 Å². The van der Waals surface area contributed by atoms with Gasteiger partial charge in [0.25, 0.3) is 0 Å². The van der Waals surface area contributed by atoms with Gasteiger partial charge in [-0.3, -0.25) is 0 Å². The molecule has 2 heterocycles. The Bertz CT molecular complexity index is 798. The summed E-state index contributed by atoms with van der Waals surface area (Å²) in [5.41, 5.74) is 3.30. The molecule has 0 N–H and O–H groups in total. The largest absolute Gasteiger partial charge is 0.497 e. The van der Waals surface area contributed by atoms with Crippen molar-refractivity contribution in [2.75, 3.05) is 7.11 Å². The van der Waals surface area contributed by atoms with Gasteiger partial charge in [-0.15, -0.1) is 0 Å². The number of aromatic nitrogens is 3. The summed E-state index contributed by atoms with van der Waals surface area (Å²) in [5.74, 6) is 1.96. The van der Waals surface area contributed by atoms with Crippen molar-refractivity contribution in [1.82, 2.24) is 14.5 Å². The Hall–Kier alpha value is -2.36. The van der Waals surface area contributed by atoms with Gasteiger partial charge in [0.05, 0.1) is 13.7 Å².